The van der Waals surface area contributed by atoms with Gasteiger partial charge in [-0.05, 0) is 23.8 Å². The van der Waals surface area contributed by atoms with Crippen molar-refractivity contribution in [2.24, 2.45) is 0 Å². The van der Waals surface area contributed by atoms with Gasteiger partial charge >= 0.3 is 0 Å². The van der Waals surface area contributed by atoms with E-state index in [0.717, 1.165) is 21.4 Å². The summed E-state index contributed by atoms with van der Waals surface area (Å²) in [5, 5.41) is 3.22. The third-order valence-corrected chi connectivity index (χ3v) is 3.26. The molecule has 1 N–H and O–H groups in total. The van der Waals surface area contributed by atoms with Crippen molar-refractivity contribution in [2.75, 3.05) is 7.11 Å². The Kier molecular flexibility index (Phi) is 4.15. The van der Waals surface area contributed by atoms with Gasteiger partial charge in [0.05, 0.1) is 18.8 Å². The zero-order chi connectivity index (χ0) is 12.3. The Labute approximate surface area is 114 Å². The highest BCUT2D eigenvalue weighted by Gasteiger charge is 2.01. The summed E-state index contributed by atoms with van der Waals surface area (Å²) in [6, 6.07) is 10.1. The van der Waals surface area contributed by atoms with Crippen LogP contribution in [0.4, 0.5) is 0 Å². The Hall–Kier alpha value is -0.910. The third kappa shape index (κ3) is 3.28. The Bertz CT molecular complexity index is 544. The molecule has 0 radical (unpaired) electrons. The normalized spacial score (nSPS) is 10.7. The van der Waals surface area contributed by atoms with Crippen molar-refractivity contribution >= 4 is 28.1 Å². The Balaban J connectivity index is 2.18. The third-order valence-electron chi connectivity index (χ3n) is 2.40. The molecule has 2 rings (SSSR count). The number of aromatic nitrogens is 2. The summed E-state index contributed by atoms with van der Waals surface area (Å²) < 4.78 is 8.87. The summed E-state index contributed by atoms with van der Waals surface area (Å²) in [7, 11) is 1.67. The maximum Gasteiger partial charge on any atom is 0.122 e. The van der Waals surface area contributed by atoms with Crippen LogP contribution >= 0.6 is 28.1 Å². The van der Waals surface area contributed by atoms with Gasteiger partial charge in [0.1, 0.15) is 4.64 Å². The van der Waals surface area contributed by atoms with Crippen molar-refractivity contribution in [1.29, 1.82) is 0 Å². The van der Waals surface area contributed by atoms with Crippen molar-refractivity contribution in [3.63, 3.8) is 0 Å². The number of benzene rings is 1. The molecular formula is C12H13BrN2OS. The number of nitrogens with zero attached hydrogens (tertiary/aromatic N) is 1. The van der Waals surface area contributed by atoms with Crippen LogP contribution in [0.2, 0.25) is 0 Å². The van der Waals surface area contributed by atoms with Crippen molar-refractivity contribution in [3.05, 3.63) is 50.7 Å². The van der Waals surface area contributed by atoms with E-state index >= 15 is 0 Å². The summed E-state index contributed by atoms with van der Waals surface area (Å²) in [6.07, 6.45) is 0. The van der Waals surface area contributed by atoms with Gasteiger partial charge in [0.25, 0.3) is 0 Å². The second-order valence-electron chi connectivity index (χ2n) is 3.77. The number of halogens is 1. The predicted molar refractivity (Wildman–Crippen MR) is 73.6 cm³/mol. The quantitative estimate of drug-likeness (QED) is 0.876. The lowest BCUT2D eigenvalue weighted by molar-refractivity contribution is 0.181. The number of rotatable bonds is 4. The first-order valence-electron chi connectivity index (χ1n) is 5.21. The second-order valence-corrected chi connectivity index (χ2v) is 5.10. The van der Waals surface area contributed by atoms with Crippen LogP contribution in [-0.4, -0.2) is 16.9 Å². The lowest BCUT2D eigenvalue weighted by Crippen LogP contribution is -2.02. The van der Waals surface area contributed by atoms with Gasteiger partial charge in [-0.1, -0.05) is 40.3 Å². The molecule has 3 nitrogen and oxygen atoms in total. The number of methoxy groups -OCH3 is 1. The fourth-order valence-electron chi connectivity index (χ4n) is 1.61. The van der Waals surface area contributed by atoms with Gasteiger partial charge in [-0.2, -0.15) is 0 Å². The van der Waals surface area contributed by atoms with Gasteiger partial charge in [-0.3, -0.25) is 9.78 Å². The van der Waals surface area contributed by atoms with Gasteiger partial charge in [0.2, 0.25) is 0 Å². The molecule has 0 atom stereocenters. The maximum atomic E-state index is 5.28. The van der Waals surface area contributed by atoms with E-state index < -0.39 is 0 Å². The summed E-state index contributed by atoms with van der Waals surface area (Å²) in [5.74, 6) is 0. The molecule has 1 aromatic heterocycles. The smallest absolute Gasteiger partial charge is 0.122 e. The summed E-state index contributed by atoms with van der Waals surface area (Å²) in [6.45, 7) is 1.30. The monoisotopic (exact) mass is 312 g/mol. The number of ether oxygens (including phenoxy) is 1. The first kappa shape index (κ1) is 12.5. The Morgan fingerprint density at radius 2 is 2.06 bits per heavy atom. The molecule has 0 aliphatic carbocycles. The highest BCUT2D eigenvalue weighted by molar-refractivity contribution is 9.10. The maximum absolute atomic E-state index is 5.28. The van der Waals surface area contributed by atoms with Gasteiger partial charge < -0.3 is 4.74 Å². The van der Waals surface area contributed by atoms with Crippen molar-refractivity contribution in [3.8, 4) is 0 Å². The van der Waals surface area contributed by atoms with Crippen LogP contribution in [-0.2, 0) is 17.9 Å². The molecule has 1 heterocycles. The molecule has 0 unspecified atom stereocenters. The molecule has 2 aromatic rings. The number of nitrogens with one attached hydrogen (secondary N) is 1. The minimum absolute atomic E-state index is 0.553. The lowest BCUT2D eigenvalue weighted by atomic mass is 10.2. The van der Waals surface area contributed by atoms with Crippen LogP contribution in [0.25, 0.3) is 0 Å². The van der Waals surface area contributed by atoms with Crippen LogP contribution in [0, 0.1) is 4.64 Å². The summed E-state index contributed by atoms with van der Waals surface area (Å²) in [4.78, 5) is 0. The van der Waals surface area contributed by atoms with Gasteiger partial charge in [-0.25, -0.2) is 0 Å². The topological polar surface area (TPSA) is 29.9 Å². The zero-order valence-electron chi connectivity index (χ0n) is 9.44. The summed E-state index contributed by atoms with van der Waals surface area (Å²) >= 11 is 8.70. The van der Waals surface area contributed by atoms with Crippen LogP contribution < -0.4 is 0 Å². The molecule has 90 valence electrons. The molecule has 0 saturated heterocycles. The molecular weight excluding hydrogens is 300 g/mol. The van der Waals surface area contributed by atoms with Crippen LogP contribution in [0.15, 0.2) is 34.8 Å². The SMILES string of the molecule is COCc1cc(=S)n(Cc2ccc(Br)cc2)[nH]1. The predicted octanol–water partition coefficient (Wildman–Crippen LogP) is 3.50. The van der Waals surface area contributed by atoms with E-state index in [9.17, 15) is 0 Å². The largest absolute Gasteiger partial charge is 0.378 e. The fraction of sp³-hybridized carbons (Fsp3) is 0.250. The summed E-state index contributed by atoms with van der Waals surface area (Å²) in [5.41, 5.74) is 2.20. The number of aromatic amines is 1. The molecule has 0 saturated carbocycles. The highest BCUT2D eigenvalue weighted by Crippen LogP contribution is 2.12. The average molecular weight is 313 g/mol. The molecule has 5 heteroatoms. The molecule has 0 aliphatic rings. The zero-order valence-corrected chi connectivity index (χ0v) is 11.8. The average Bonchev–Trinajstić information content (AvgIpc) is 2.63. The van der Waals surface area contributed by atoms with Gasteiger partial charge in [0, 0.05) is 11.6 Å². The molecule has 0 aliphatic heterocycles. The van der Waals surface area contributed by atoms with Crippen molar-refractivity contribution in [1.82, 2.24) is 9.78 Å². The van der Waals surface area contributed by atoms with Gasteiger partial charge in [0.15, 0.2) is 0 Å². The number of hydrogen-bond donors (Lipinski definition) is 1. The molecule has 1 aromatic carbocycles. The Morgan fingerprint density at radius 1 is 1.35 bits per heavy atom. The van der Waals surface area contributed by atoms with Gasteiger partial charge in [-0.15, -0.1) is 0 Å². The van der Waals surface area contributed by atoms with E-state index in [4.69, 9.17) is 17.0 Å². The van der Waals surface area contributed by atoms with E-state index in [1.54, 1.807) is 7.11 Å². The molecule has 0 spiro atoms. The minimum atomic E-state index is 0.553. The van der Waals surface area contributed by atoms with Crippen LogP contribution in [0.5, 0.6) is 0 Å². The van der Waals surface area contributed by atoms with Crippen LogP contribution in [0.3, 0.4) is 0 Å². The standard InChI is InChI=1S/C12H13BrN2OS/c1-16-8-11-6-12(17)15(14-11)7-9-2-4-10(13)5-3-9/h2-6,14H,7-8H2,1H3. The Morgan fingerprint density at radius 3 is 2.71 bits per heavy atom. The van der Waals surface area contributed by atoms with E-state index in [2.05, 4.69) is 33.2 Å². The van der Waals surface area contributed by atoms with E-state index in [1.807, 2.05) is 22.9 Å². The first-order chi connectivity index (χ1) is 8.19. The van der Waals surface area contributed by atoms with Crippen molar-refractivity contribution < 1.29 is 4.74 Å². The molecule has 0 fully saturated rings. The number of H-pyrrole nitrogens is 1. The highest BCUT2D eigenvalue weighted by atomic mass is 79.9. The van der Waals surface area contributed by atoms with E-state index in [1.165, 1.54) is 5.56 Å². The fourth-order valence-corrected chi connectivity index (χ4v) is 2.12. The molecule has 17 heavy (non-hydrogen) atoms. The van der Waals surface area contributed by atoms with Crippen LogP contribution in [0.1, 0.15) is 11.3 Å². The molecule has 0 bridgehead atoms. The minimum Gasteiger partial charge on any atom is -0.378 e. The number of hydrogen-bond acceptors (Lipinski definition) is 2. The van der Waals surface area contributed by atoms with Crippen molar-refractivity contribution in [2.45, 2.75) is 13.2 Å². The van der Waals surface area contributed by atoms with E-state index in [0.29, 0.717) is 6.61 Å². The van der Waals surface area contributed by atoms with E-state index in [-0.39, 0.29) is 0 Å². The first-order valence-corrected chi connectivity index (χ1v) is 6.41. The second kappa shape index (κ2) is 5.62. The lowest BCUT2D eigenvalue weighted by Gasteiger charge is -2.03. The molecule has 0 amide bonds.